The van der Waals surface area contributed by atoms with Gasteiger partial charge in [-0.2, -0.15) is 0 Å². The third-order valence-corrected chi connectivity index (χ3v) is 4.24. The first-order chi connectivity index (χ1) is 9.49. The molecule has 1 aliphatic carbocycles. The summed E-state index contributed by atoms with van der Waals surface area (Å²) in [5.41, 5.74) is -0.00556. The Morgan fingerprint density at radius 3 is 2.35 bits per heavy atom. The third kappa shape index (κ3) is 1.89. The average Bonchev–Trinajstić information content (AvgIpc) is 2.85. The van der Waals surface area contributed by atoms with Gasteiger partial charge in [-0.15, -0.1) is 0 Å². The lowest BCUT2D eigenvalue weighted by Gasteiger charge is -2.30. The summed E-state index contributed by atoms with van der Waals surface area (Å²) in [6.07, 6.45) is 1.98. The second-order valence-electron chi connectivity index (χ2n) is 5.19. The SMILES string of the molecule is O=C(O)c1cc(Cl)ccc1N1C(=O)C2CCC(C2)C1=O. The fourth-order valence-electron chi connectivity index (χ4n) is 3.02. The predicted octanol–water partition coefficient (Wildman–Crippen LogP) is 2.33. The molecule has 2 aliphatic rings. The van der Waals surface area contributed by atoms with Gasteiger partial charge in [0.05, 0.1) is 11.3 Å². The zero-order chi connectivity index (χ0) is 14.4. The number of benzene rings is 1. The highest BCUT2D eigenvalue weighted by Gasteiger charge is 2.46. The molecule has 2 unspecified atom stereocenters. The van der Waals surface area contributed by atoms with Crippen LogP contribution in [0.3, 0.4) is 0 Å². The number of amides is 2. The van der Waals surface area contributed by atoms with Gasteiger partial charge in [0.2, 0.25) is 11.8 Å². The molecule has 1 saturated carbocycles. The van der Waals surface area contributed by atoms with Gasteiger partial charge in [0, 0.05) is 16.9 Å². The normalized spacial score (nSPS) is 25.1. The van der Waals surface area contributed by atoms with E-state index in [1.54, 1.807) is 0 Å². The fraction of sp³-hybridized carbons (Fsp3) is 0.357. The highest BCUT2D eigenvalue weighted by Crippen LogP contribution is 2.41. The molecule has 2 fully saturated rings. The van der Waals surface area contributed by atoms with Gasteiger partial charge in [-0.25, -0.2) is 9.69 Å². The Morgan fingerprint density at radius 1 is 1.20 bits per heavy atom. The van der Waals surface area contributed by atoms with E-state index >= 15 is 0 Å². The first kappa shape index (κ1) is 13.1. The Bertz CT molecular complexity index is 606. The molecule has 104 valence electrons. The molecule has 20 heavy (non-hydrogen) atoms. The molecule has 1 aromatic rings. The maximum Gasteiger partial charge on any atom is 0.337 e. The zero-order valence-electron chi connectivity index (χ0n) is 10.5. The molecule has 1 heterocycles. The van der Waals surface area contributed by atoms with Crippen molar-refractivity contribution in [2.45, 2.75) is 19.3 Å². The fourth-order valence-corrected chi connectivity index (χ4v) is 3.19. The van der Waals surface area contributed by atoms with Crippen molar-refractivity contribution in [3.05, 3.63) is 28.8 Å². The lowest BCUT2D eigenvalue weighted by atomic mass is 9.95. The van der Waals surface area contributed by atoms with Crippen molar-refractivity contribution >= 4 is 35.1 Å². The summed E-state index contributed by atoms with van der Waals surface area (Å²) in [4.78, 5) is 37.0. The van der Waals surface area contributed by atoms with E-state index in [4.69, 9.17) is 11.6 Å². The minimum absolute atomic E-state index is 0.119. The Balaban J connectivity index is 2.10. The van der Waals surface area contributed by atoms with E-state index in [0.29, 0.717) is 19.3 Å². The molecule has 0 spiro atoms. The monoisotopic (exact) mass is 293 g/mol. The maximum absolute atomic E-state index is 12.3. The number of anilines is 1. The zero-order valence-corrected chi connectivity index (χ0v) is 11.3. The number of hydrogen-bond acceptors (Lipinski definition) is 3. The van der Waals surface area contributed by atoms with Crippen LogP contribution < -0.4 is 4.90 Å². The van der Waals surface area contributed by atoms with Crippen LogP contribution in [0.5, 0.6) is 0 Å². The van der Waals surface area contributed by atoms with Crippen LogP contribution in [0.4, 0.5) is 5.69 Å². The molecule has 2 atom stereocenters. The summed E-state index contributed by atoms with van der Waals surface area (Å²) in [6, 6.07) is 4.17. The van der Waals surface area contributed by atoms with E-state index in [0.717, 1.165) is 4.90 Å². The molecular formula is C14H12ClNO4. The Kier molecular flexibility index (Phi) is 3.01. The van der Waals surface area contributed by atoms with Crippen LogP contribution in [-0.4, -0.2) is 22.9 Å². The summed E-state index contributed by atoms with van der Waals surface area (Å²) in [5, 5.41) is 9.49. The van der Waals surface area contributed by atoms with Crippen LogP contribution in [0.25, 0.3) is 0 Å². The Labute approximate surface area is 120 Å². The molecule has 1 aromatic carbocycles. The molecule has 1 N–H and O–H groups in total. The van der Waals surface area contributed by atoms with Crippen molar-refractivity contribution in [1.29, 1.82) is 0 Å². The number of carbonyl (C=O) groups excluding carboxylic acids is 2. The second kappa shape index (κ2) is 4.59. The van der Waals surface area contributed by atoms with Crippen molar-refractivity contribution in [2.75, 3.05) is 4.90 Å². The number of carboxylic acids is 1. The maximum atomic E-state index is 12.3. The van der Waals surface area contributed by atoms with Crippen molar-refractivity contribution in [1.82, 2.24) is 0 Å². The number of imide groups is 1. The minimum atomic E-state index is -1.21. The quantitative estimate of drug-likeness (QED) is 0.849. The van der Waals surface area contributed by atoms with E-state index < -0.39 is 5.97 Å². The third-order valence-electron chi connectivity index (χ3n) is 4.00. The van der Waals surface area contributed by atoms with Gasteiger partial charge in [0.1, 0.15) is 0 Å². The molecule has 2 bridgehead atoms. The van der Waals surface area contributed by atoms with Gasteiger partial charge in [-0.3, -0.25) is 9.59 Å². The summed E-state index contributed by atoms with van der Waals surface area (Å²) < 4.78 is 0. The van der Waals surface area contributed by atoms with Crippen LogP contribution in [0, 0.1) is 11.8 Å². The number of halogens is 1. The summed E-state index contributed by atoms with van der Waals surface area (Å²) in [7, 11) is 0. The van der Waals surface area contributed by atoms with Crippen molar-refractivity contribution < 1.29 is 19.5 Å². The lowest BCUT2D eigenvalue weighted by Crippen LogP contribution is -2.47. The number of aromatic carboxylic acids is 1. The lowest BCUT2D eigenvalue weighted by molar-refractivity contribution is -0.132. The van der Waals surface area contributed by atoms with E-state index in [1.165, 1.54) is 18.2 Å². The van der Waals surface area contributed by atoms with Crippen molar-refractivity contribution in [2.24, 2.45) is 11.8 Å². The van der Waals surface area contributed by atoms with Gasteiger partial charge in [0.25, 0.3) is 0 Å². The smallest absolute Gasteiger partial charge is 0.337 e. The summed E-state index contributed by atoms with van der Waals surface area (Å²) in [5.74, 6) is -2.15. The molecular weight excluding hydrogens is 282 g/mol. The van der Waals surface area contributed by atoms with Crippen molar-refractivity contribution in [3.8, 4) is 0 Å². The molecule has 2 amide bonds. The van der Waals surface area contributed by atoms with E-state index in [9.17, 15) is 19.5 Å². The number of rotatable bonds is 2. The second-order valence-corrected chi connectivity index (χ2v) is 5.62. The molecule has 1 aliphatic heterocycles. The van der Waals surface area contributed by atoms with Crippen molar-refractivity contribution in [3.63, 3.8) is 0 Å². The van der Waals surface area contributed by atoms with Crippen LogP contribution in [-0.2, 0) is 9.59 Å². The number of carbonyl (C=O) groups is 3. The molecule has 0 aromatic heterocycles. The van der Waals surface area contributed by atoms with Gasteiger partial charge >= 0.3 is 5.97 Å². The highest BCUT2D eigenvalue weighted by atomic mass is 35.5. The first-order valence-electron chi connectivity index (χ1n) is 6.39. The molecule has 3 rings (SSSR count). The topological polar surface area (TPSA) is 74.7 Å². The van der Waals surface area contributed by atoms with E-state index in [1.807, 2.05) is 0 Å². The molecule has 1 saturated heterocycles. The molecule has 6 heteroatoms. The van der Waals surface area contributed by atoms with Crippen LogP contribution >= 0.6 is 11.6 Å². The summed E-state index contributed by atoms with van der Waals surface area (Å²) in [6.45, 7) is 0. The number of nitrogens with zero attached hydrogens (tertiary/aromatic N) is 1. The Morgan fingerprint density at radius 2 is 1.80 bits per heavy atom. The molecule has 5 nitrogen and oxygen atoms in total. The number of piperidine rings is 1. The Hall–Kier alpha value is -1.88. The standard InChI is InChI=1S/C14H12ClNO4/c15-9-3-4-11(10(6-9)14(19)20)16-12(17)7-1-2-8(5-7)13(16)18/h3-4,6-8H,1-2,5H2,(H,19,20). The van der Waals surface area contributed by atoms with Crippen LogP contribution in [0.1, 0.15) is 29.6 Å². The van der Waals surface area contributed by atoms with Gasteiger partial charge in [0.15, 0.2) is 0 Å². The largest absolute Gasteiger partial charge is 0.478 e. The van der Waals surface area contributed by atoms with E-state index in [-0.39, 0.29) is 39.9 Å². The number of fused-ring (bicyclic) bond motifs is 2. The number of carboxylic acid groups (broad SMARTS) is 1. The first-order valence-corrected chi connectivity index (χ1v) is 6.77. The van der Waals surface area contributed by atoms with Crippen LogP contribution in [0.15, 0.2) is 18.2 Å². The molecule has 0 radical (unpaired) electrons. The van der Waals surface area contributed by atoms with Gasteiger partial charge in [-0.1, -0.05) is 11.6 Å². The average molecular weight is 294 g/mol. The van der Waals surface area contributed by atoms with Crippen LogP contribution in [0.2, 0.25) is 5.02 Å². The van der Waals surface area contributed by atoms with Gasteiger partial charge in [-0.05, 0) is 37.5 Å². The van der Waals surface area contributed by atoms with E-state index in [2.05, 4.69) is 0 Å². The van der Waals surface area contributed by atoms with Gasteiger partial charge < -0.3 is 5.11 Å². The number of hydrogen-bond donors (Lipinski definition) is 1. The highest BCUT2D eigenvalue weighted by molar-refractivity contribution is 6.31. The summed E-state index contributed by atoms with van der Waals surface area (Å²) >= 11 is 5.79. The predicted molar refractivity (Wildman–Crippen MR) is 71.7 cm³/mol. The minimum Gasteiger partial charge on any atom is -0.478 e.